The predicted molar refractivity (Wildman–Crippen MR) is 74.8 cm³/mol. The number of carbonyl (C=O) groups is 2. The Morgan fingerprint density at radius 3 is 2.58 bits per heavy atom. The molecule has 2 aromatic rings. The summed E-state index contributed by atoms with van der Waals surface area (Å²) in [5, 5.41) is 6.45. The number of benzene rings is 1. The summed E-state index contributed by atoms with van der Waals surface area (Å²) in [7, 11) is 1.34. The van der Waals surface area contributed by atoms with Crippen LogP contribution in [0.25, 0.3) is 0 Å². The fraction of sp³-hybridized carbons (Fsp3) is 0.143. The molecule has 2 rings (SSSR count). The van der Waals surface area contributed by atoms with Gasteiger partial charge in [0.25, 0.3) is 5.91 Å². The maximum absolute atomic E-state index is 11.9. The molecule has 1 N–H and O–H groups in total. The zero-order chi connectivity index (χ0) is 13.8. The third-order valence-corrected chi connectivity index (χ3v) is 3.36. The van der Waals surface area contributed by atoms with Crippen molar-refractivity contribution in [2.75, 3.05) is 12.4 Å². The minimum Gasteiger partial charge on any atom is -0.465 e. The topological polar surface area (TPSA) is 55.4 Å². The molecule has 0 fully saturated rings. The molecule has 1 heterocycles. The second-order valence-electron chi connectivity index (χ2n) is 3.99. The van der Waals surface area contributed by atoms with Gasteiger partial charge in [0.15, 0.2) is 0 Å². The van der Waals surface area contributed by atoms with Crippen molar-refractivity contribution >= 4 is 28.9 Å². The second-order valence-corrected chi connectivity index (χ2v) is 4.77. The van der Waals surface area contributed by atoms with Crippen molar-refractivity contribution in [1.29, 1.82) is 0 Å². The van der Waals surface area contributed by atoms with Gasteiger partial charge in [0.05, 0.1) is 18.2 Å². The number of hydrogen-bond donors (Lipinski definition) is 1. The first-order valence-corrected chi connectivity index (χ1v) is 6.58. The lowest BCUT2D eigenvalue weighted by Crippen LogP contribution is -2.12. The summed E-state index contributed by atoms with van der Waals surface area (Å²) in [5.41, 5.74) is 2.59. The minimum atomic E-state index is -0.390. The average molecular weight is 275 g/mol. The summed E-state index contributed by atoms with van der Waals surface area (Å²) in [4.78, 5) is 23.3. The Labute approximate surface area is 115 Å². The molecule has 1 aromatic carbocycles. The first kappa shape index (κ1) is 13.3. The number of rotatable bonds is 3. The Morgan fingerprint density at radius 2 is 2.00 bits per heavy atom. The first-order chi connectivity index (χ1) is 9.11. The zero-order valence-corrected chi connectivity index (χ0v) is 11.4. The van der Waals surface area contributed by atoms with Gasteiger partial charge in [-0.2, -0.15) is 11.3 Å². The molecule has 0 saturated carbocycles. The van der Waals surface area contributed by atoms with Gasteiger partial charge in [-0.05, 0) is 42.1 Å². The molecule has 0 aliphatic rings. The molecule has 0 atom stereocenters. The van der Waals surface area contributed by atoms with E-state index in [0.29, 0.717) is 16.8 Å². The maximum atomic E-state index is 11.9. The Bertz CT molecular complexity index is 605. The van der Waals surface area contributed by atoms with Gasteiger partial charge in [0.2, 0.25) is 0 Å². The Hall–Kier alpha value is -2.14. The fourth-order valence-electron chi connectivity index (χ4n) is 1.64. The number of esters is 1. The summed E-state index contributed by atoms with van der Waals surface area (Å²) < 4.78 is 4.65. The smallest absolute Gasteiger partial charge is 0.337 e. The standard InChI is InChI=1S/C14H13NO3S/c1-9-7-10(14(17)18-2)3-4-12(9)15-13(16)11-5-6-19-8-11/h3-8H,1-2H3,(H,15,16). The molecule has 0 aliphatic carbocycles. The summed E-state index contributed by atoms with van der Waals surface area (Å²) in [6.45, 7) is 1.83. The summed E-state index contributed by atoms with van der Waals surface area (Å²) in [6, 6.07) is 6.78. The third-order valence-electron chi connectivity index (χ3n) is 2.68. The van der Waals surface area contributed by atoms with E-state index in [2.05, 4.69) is 10.1 Å². The number of anilines is 1. The van der Waals surface area contributed by atoms with E-state index in [1.807, 2.05) is 12.3 Å². The van der Waals surface area contributed by atoms with Crippen LogP contribution in [0.1, 0.15) is 26.3 Å². The number of ether oxygens (including phenoxy) is 1. The van der Waals surface area contributed by atoms with Crippen molar-refractivity contribution in [3.05, 3.63) is 51.7 Å². The third kappa shape index (κ3) is 3.00. The Kier molecular flexibility index (Phi) is 3.97. The van der Waals surface area contributed by atoms with Crippen molar-refractivity contribution in [3.63, 3.8) is 0 Å². The number of carbonyl (C=O) groups excluding carboxylic acids is 2. The molecule has 0 radical (unpaired) electrons. The van der Waals surface area contributed by atoms with E-state index in [1.54, 1.807) is 29.6 Å². The van der Waals surface area contributed by atoms with E-state index in [4.69, 9.17) is 0 Å². The fourth-order valence-corrected chi connectivity index (χ4v) is 2.27. The molecule has 1 amide bonds. The number of nitrogens with one attached hydrogen (secondary N) is 1. The predicted octanol–water partition coefficient (Wildman–Crippen LogP) is 3.10. The normalized spacial score (nSPS) is 10.0. The van der Waals surface area contributed by atoms with E-state index in [0.717, 1.165) is 5.56 Å². The number of amides is 1. The van der Waals surface area contributed by atoms with E-state index >= 15 is 0 Å². The molecule has 98 valence electrons. The Balaban J connectivity index is 2.18. The van der Waals surface area contributed by atoms with E-state index in [-0.39, 0.29) is 11.9 Å². The molecule has 19 heavy (non-hydrogen) atoms. The highest BCUT2D eigenvalue weighted by molar-refractivity contribution is 7.08. The quantitative estimate of drug-likeness (QED) is 0.876. The number of hydrogen-bond acceptors (Lipinski definition) is 4. The summed E-state index contributed by atoms with van der Waals surface area (Å²) >= 11 is 1.47. The van der Waals surface area contributed by atoms with Gasteiger partial charge in [-0.1, -0.05) is 0 Å². The number of thiophene rings is 1. The van der Waals surface area contributed by atoms with Gasteiger partial charge in [0.1, 0.15) is 0 Å². The van der Waals surface area contributed by atoms with Crippen molar-refractivity contribution in [1.82, 2.24) is 0 Å². The van der Waals surface area contributed by atoms with Gasteiger partial charge in [0, 0.05) is 11.1 Å². The molecule has 0 unspecified atom stereocenters. The number of methoxy groups -OCH3 is 1. The van der Waals surface area contributed by atoms with Crippen LogP contribution in [0.5, 0.6) is 0 Å². The SMILES string of the molecule is COC(=O)c1ccc(NC(=O)c2ccsc2)c(C)c1. The van der Waals surface area contributed by atoms with Gasteiger partial charge < -0.3 is 10.1 Å². The molecule has 0 aliphatic heterocycles. The molecule has 4 nitrogen and oxygen atoms in total. The average Bonchev–Trinajstić information content (AvgIpc) is 2.94. The molecule has 0 bridgehead atoms. The van der Waals surface area contributed by atoms with Gasteiger partial charge >= 0.3 is 5.97 Å². The molecule has 5 heteroatoms. The van der Waals surface area contributed by atoms with Crippen LogP contribution in [0.15, 0.2) is 35.0 Å². The highest BCUT2D eigenvalue weighted by Gasteiger charge is 2.10. The molecular weight excluding hydrogens is 262 g/mol. The van der Waals surface area contributed by atoms with Gasteiger partial charge in [-0.15, -0.1) is 0 Å². The lowest BCUT2D eigenvalue weighted by Gasteiger charge is -2.09. The lowest BCUT2D eigenvalue weighted by atomic mass is 10.1. The highest BCUT2D eigenvalue weighted by Crippen LogP contribution is 2.18. The van der Waals surface area contributed by atoms with Crippen LogP contribution in [0, 0.1) is 6.92 Å². The van der Waals surface area contributed by atoms with Crippen LogP contribution in [-0.2, 0) is 4.74 Å². The molecule has 1 aromatic heterocycles. The molecular formula is C14H13NO3S. The molecule has 0 spiro atoms. The first-order valence-electron chi connectivity index (χ1n) is 5.64. The van der Waals surface area contributed by atoms with Crippen molar-refractivity contribution in [2.45, 2.75) is 6.92 Å². The summed E-state index contributed by atoms with van der Waals surface area (Å²) in [5.74, 6) is -0.547. The highest BCUT2D eigenvalue weighted by atomic mass is 32.1. The van der Waals surface area contributed by atoms with E-state index < -0.39 is 0 Å². The van der Waals surface area contributed by atoms with Crippen LogP contribution < -0.4 is 5.32 Å². The van der Waals surface area contributed by atoms with Crippen LogP contribution in [0.4, 0.5) is 5.69 Å². The minimum absolute atomic E-state index is 0.157. The number of aryl methyl sites for hydroxylation is 1. The van der Waals surface area contributed by atoms with Gasteiger partial charge in [-0.25, -0.2) is 4.79 Å². The Morgan fingerprint density at radius 1 is 1.21 bits per heavy atom. The van der Waals surface area contributed by atoms with Crippen LogP contribution >= 0.6 is 11.3 Å². The monoisotopic (exact) mass is 275 g/mol. The van der Waals surface area contributed by atoms with Crippen LogP contribution in [0.2, 0.25) is 0 Å². The lowest BCUT2D eigenvalue weighted by molar-refractivity contribution is 0.0600. The summed E-state index contributed by atoms with van der Waals surface area (Å²) in [6.07, 6.45) is 0. The van der Waals surface area contributed by atoms with Crippen molar-refractivity contribution in [2.24, 2.45) is 0 Å². The maximum Gasteiger partial charge on any atom is 0.337 e. The van der Waals surface area contributed by atoms with Gasteiger partial charge in [-0.3, -0.25) is 4.79 Å². The van der Waals surface area contributed by atoms with Crippen LogP contribution in [0.3, 0.4) is 0 Å². The zero-order valence-electron chi connectivity index (χ0n) is 10.6. The van der Waals surface area contributed by atoms with Crippen molar-refractivity contribution < 1.29 is 14.3 Å². The molecule has 0 saturated heterocycles. The second kappa shape index (κ2) is 5.67. The van der Waals surface area contributed by atoms with Crippen LogP contribution in [-0.4, -0.2) is 19.0 Å². The van der Waals surface area contributed by atoms with E-state index in [9.17, 15) is 9.59 Å². The largest absolute Gasteiger partial charge is 0.465 e. The van der Waals surface area contributed by atoms with E-state index in [1.165, 1.54) is 18.4 Å². The van der Waals surface area contributed by atoms with Crippen molar-refractivity contribution in [3.8, 4) is 0 Å².